The third-order valence-electron chi connectivity index (χ3n) is 6.18. The van der Waals surface area contributed by atoms with Gasteiger partial charge in [0.15, 0.2) is 0 Å². The summed E-state index contributed by atoms with van der Waals surface area (Å²) in [6.07, 6.45) is 7.94. The van der Waals surface area contributed by atoms with E-state index in [4.69, 9.17) is 6.57 Å². The van der Waals surface area contributed by atoms with Crippen molar-refractivity contribution in [2.75, 3.05) is 32.5 Å². The Morgan fingerprint density at radius 2 is 1.94 bits per heavy atom. The smallest absolute Gasteiger partial charge is 0.281 e. The monoisotopic (exact) mass is 453 g/mol. The second-order valence-electron chi connectivity index (χ2n) is 8.38. The summed E-state index contributed by atoms with van der Waals surface area (Å²) in [5.74, 6) is -0.264. The lowest BCUT2D eigenvalue weighted by Gasteiger charge is -2.36. The highest BCUT2D eigenvalue weighted by Crippen LogP contribution is 2.35. The first-order chi connectivity index (χ1) is 15.3. The summed E-state index contributed by atoms with van der Waals surface area (Å²) in [7, 11) is -0.189. The second-order valence-corrected chi connectivity index (χ2v) is 10.5. The van der Waals surface area contributed by atoms with Gasteiger partial charge in [-0.1, -0.05) is 12.1 Å². The Bertz CT molecular complexity index is 1190. The van der Waals surface area contributed by atoms with Gasteiger partial charge in [0.25, 0.3) is 16.1 Å². The summed E-state index contributed by atoms with van der Waals surface area (Å²) in [5, 5.41) is 2.99. The molecule has 8 nitrogen and oxygen atoms in total. The SMILES string of the molecule is [C-]#[N+]c1c[nH]c(C(=O)Nc2ccc(C3CN(C)S(=O)(=O)N(C)C3)cc2C2=CCCCC2)c1. The van der Waals surface area contributed by atoms with Crippen LogP contribution in [0.1, 0.15) is 53.2 Å². The molecule has 0 saturated carbocycles. The van der Waals surface area contributed by atoms with Crippen molar-refractivity contribution in [3.05, 3.63) is 64.8 Å². The second kappa shape index (κ2) is 8.90. The molecule has 1 saturated heterocycles. The number of aromatic nitrogens is 1. The maximum Gasteiger partial charge on any atom is 0.281 e. The quantitative estimate of drug-likeness (QED) is 0.686. The van der Waals surface area contributed by atoms with Gasteiger partial charge in [0.05, 0.1) is 12.3 Å². The van der Waals surface area contributed by atoms with E-state index in [1.807, 2.05) is 12.1 Å². The van der Waals surface area contributed by atoms with E-state index in [2.05, 4.69) is 27.3 Å². The topological polar surface area (TPSA) is 89.9 Å². The van der Waals surface area contributed by atoms with Crippen LogP contribution in [0, 0.1) is 6.57 Å². The van der Waals surface area contributed by atoms with Crippen LogP contribution in [-0.2, 0) is 10.2 Å². The number of H-pyrrole nitrogens is 1. The van der Waals surface area contributed by atoms with Gasteiger partial charge in [0.2, 0.25) is 5.69 Å². The number of amides is 1. The fourth-order valence-corrected chi connectivity index (χ4v) is 5.57. The molecule has 4 rings (SSSR count). The zero-order valence-corrected chi connectivity index (χ0v) is 19.1. The van der Waals surface area contributed by atoms with Gasteiger partial charge in [-0.2, -0.15) is 17.0 Å². The van der Waals surface area contributed by atoms with Gasteiger partial charge in [-0.15, -0.1) is 0 Å². The zero-order chi connectivity index (χ0) is 22.9. The first-order valence-electron chi connectivity index (χ1n) is 10.7. The van der Waals surface area contributed by atoms with Crippen molar-refractivity contribution in [1.29, 1.82) is 0 Å². The molecular weight excluding hydrogens is 426 g/mol. The lowest BCUT2D eigenvalue weighted by atomic mass is 9.89. The molecule has 0 unspecified atom stereocenters. The largest absolute Gasteiger partial charge is 0.368 e. The molecule has 0 radical (unpaired) electrons. The Morgan fingerprint density at radius 3 is 2.56 bits per heavy atom. The van der Waals surface area contributed by atoms with Crippen molar-refractivity contribution >= 4 is 33.1 Å². The average Bonchev–Trinajstić information content (AvgIpc) is 3.28. The molecule has 1 aliphatic carbocycles. The van der Waals surface area contributed by atoms with Crippen molar-refractivity contribution in [3.63, 3.8) is 0 Å². The number of hydrogen-bond donors (Lipinski definition) is 2. The van der Waals surface area contributed by atoms with Crippen molar-refractivity contribution < 1.29 is 13.2 Å². The van der Waals surface area contributed by atoms with Crippen molar-refractivity contribution in [1.82, 2.24) is 13.6 Å². The molecule has 32 heavy (non-hydrogen) atoms. The van der Waals surface area contributed by atoms with E-state index in [0.717, 1.165) is 42.5 Å². The van der Waals surface area contributed by atoms with Gasteiger partial charge in [0.1, 0.15) is 0 Å². The first-order valence-corrected chi connectivity index (χ1v) is 12.1. The molecule has 2 aromatic rings. The van der Waals surface area contributed by atoms with E-state index in [0.29, 0.717) is 24.5 Å². The minimum absolute atomic E-state index is 0.0332. The van der Waals surface area contributed by atoms with Gasteiger partial charge >= 0.3 is 0 Å². The molecule has 0 spiro atoms. The predicted octanol–water partition coefficient (Wildman–Crippen LogP) is 3.98. The maximum atomic E-state index is 12.8. The molecule has 1 aromatic carbocycles. The molecule has 168 valence electrons. The average molecular weight is 454 g/mol. The Labute approximate surface area is 188 Å². The number of anilines is 1. The van der Waals surface area contributed by atoms with Crippen molar-refractivity contribution in [2.24, 2.45) is 0 Å². The minimum atomic E-state index is -3.39. The summed E-state index contributed by atoms with van der Waals surface area (Å²) in [6, 6.07) is 7.49. The Hall–Kier alpha value is -2.93. The van der Waals surface area contributed by atoms with Gasteiger partial charge in [0, 0.05) is 50.6 Å². The number of likely N-dealkylation sites (N-methyl/N-ethyl adjacent to an activating group) is 2. The highest BCUT2D eigenvalue weighted by Gasteiger charge is 2.34. The Kier molecular flexibility index (Phi) is 6.20. The maximum absolute atomic E-state index is 12.8. The van der Waals surface area contributed by atoms with Gasteiger partial charge < -0.3 is 10.3 Å². The highest BCUT2D eigenvalue weighted by molar-refractivity contribution is 7.86. The molecule has 1 fully saturated rings. The van der Waals surface area contributed by atoms with Crippen LogP contribution < -0.4 is 5.32 Å². The lowest BCUT2D eigenvalue weighted by molar-refractivity contribution is 0.102. The van der Waals surface area contributed by atoms with Crippen LogP contribution in [0.15, 0.2) is 36.5 Å². The van der Waals surface area contributed by atoms with E-state index in [1.54, 1.807) is 14.1 Å². The van der Waals surface area contributed by atoms with E-state index >= 15 is 0 Å². The molecule has 1 aliphatic heterocycles. The van der Waals surface area contributed by atoms with E-state index in [9.17, 15) is 13.2 Å². The van der Waals surface area contributed by atoms with E-state index in [1.165, 1.54) is 26.4 Å². The number of nitrogens with one attached hydrogen (secondary N) is 2. The third-order valence-corrected chi connectivity index (χ3v) is 8.06. The number of aromatic amines is 1. The summed E-state index contributed by atoms with van der Waals surface area (Å²) in [5.41, 5.74) is 4.67. The Balaban J connectivity index is 1.66. The number of carbonyl (C=O) groups excluding carboxylic acids is 1. The van der Waals surface area contributed by atoms with Gasteiger partial charge in [-0.3, -0.25) is 4.79 Å². The first kappa shape index (κ1) is 22.3. The van der Waals surface area contributed by atoms with Crippen LogP contribution in [0.2, 0.25) is 0 Å². The number of carbonyl (C=O) groups is 1. The fourth-order valence-electron chi connectivity index (χ4n) is 4.36. The normalized spacial score (nSPS) is 19.8. The predicted molar refractivity (Wildman–Crippen MR) is 125 cm³/mol. The molecule has 0 bridgehead atoms. The number of hydrogen-bond acceptors (Lipinski definition) is 3. The molecule has 9 heteroatoms. The van der Waals surface area contributed by atoms with Crippen LogP contribution in [0.25, 0.3) is 10.4 Å². The lowest BCUT2D eigenvalue weighted by Crippen LogP contribution is -2.49. The number of allylic oxidation sites excluding steroid dienone is 2. The van der Waals surface area contributed by atoms with Crippen molar-refractivity contribution in [2.45, 2.75) is 31.6 Å². The van der Waals surface area contributed by atoms with E-state index < -0.39 is 10.2 Å². The molecule has 1 amide bonds. The Morgan fingerprint density at radius 1 is 1.19 bits per heavy atom. The standard InChI is InChI=1S/C23H27N5O3S/c1-24-19-12-22(25-13-19)23(29)26-21-10-9-17(11-20(21)16-7-5-4-6-8-16)18-14-27(2)32(30,31)28(3)15-18/h7,9-13,18,25H,4-6,8,14-15H2,2-3H3,(H,26,29). The number of nitrogens with zero attached hydrogens (tertiary/aromatic N) is 3. The third kappa shape index (κ3) is 4.35. The molecule has 1 aromatic heterocycles. The molecule has 2 aliphatic rings. The molecule has 0 atom stereocenters. The highest BCUT2D eigenvalue weighted by atomic mass is 32.2. The van der Waals surface area contributed by atoms with Crippen LogP contribution in [-0.4, -0.2) is 55.1 Å². The number of rotatable bonds is 4. The van der Waals surface area contributed by atoms with Crippen LogP contribution in [0.5, 0.6) is 0 Å². The van der Waals surface area contributed by atoms with Crippen LogP contribution >= 0.6 is 0 Å². The van der Waals surface area contributed by atoms with Crippen LogP contribution in [0.3, 0.4) is 0 Å². The summed E-state index contributed by atoms with van der Waals surface area (Å²) >= 11 is 0. The zero-order valence-electron chi connectivity index (χ0n) is 18.3. The van der Waals surface area contributed by atoms with Crippen molar-refractivity contribution in [3.8, 4) is 0 Å². The van der Waals surface area contributed by atoms with Gasteiger partial charge in [-0.25, -0.2) is 4.85 Å². The molecular formula is C23H27N5O3S. The molecule has 2 heterocycles. The van der Waals surface area contributed by atoms with Gasteiger partial charge in [-0.05, 0) is 55.0 Å². The van der Waals surface area contributed by atoms with E-state index in [-0.39, 0.29) is 11.8 Å². The minimum Gasteiger partial charge on any atom is -0.368 e. The summed E-state index contributed by atoms with van der Waals surface area (Å²) < 4.78 is 27.4. The summed E-state index contributed by atoms with van der Waals surface area (Å²) in [6.45, 7) is 7.91. The van der Waals surface area contributed by atoms with Crippen LogP contribution in [0.4, 0.5) is 11.4 Å². The summed E-state index contributed by atoms with van der Waals surface area (Å²) in [4.78, 5) is 19.0. The molecule has 2 N–H and O–H groups in total. The number of benzene rings is 1. The fraction of sp³-hybridized carbons (Fsp3) is 0.391.